The molecule has 1 aromatic heterocycles. The Bertz CT molecular complexity index is 451. The molecule has 0 aromatic carbocycles. The van der Waals surface area contributed by atoms with Crippen molar-refractivity contribution >= 4 is 28.0 Å². The summed E-state index contributed by atoms with van der Waals surface area (Å²) in [5.41, 5.74) is 0.832. The fourth-order valence-electron chi connectivity index (χ4n) is 1.02. The van der Waals surface area contributed by atoms with Crippen molar-refractivity contribution in [3.05, 3.63) is 16.2 Å². The van der Waals surface area contributed by atoms with Gasteiger partial charge in [0.25, 0.3) is 0 Å². The first-order valence-corrected chi connectivity index (χ1v) is 5.22. The van der Waals surface area contributed by atoms with Crippen molar-refractivity contribution in [1.82, 2.24) is 9.88 Å². The molecule has 5 nitrogen and oxygen atoms in total. The van der Waals surface area contributed by atoms with E-state index in [1.807, 2.05) is 20.2 Å². The van der Waals surface area contributed by atoms with Gasteiger partial charge in [0, 0.05) is 20.3 Å². The minimum Gasteiger partial charge on any atom is -0.480 e. The van der Waals surface area contributed by atoms with E-state index in [-0.39, 0.29) is 5.88 Å². The number of aliphatic imine (C=N–C) groups is 1. The first kappa shape index (κ1) is 12.5. The Labute approximate surface area is 103 Å². The van der Waals surface area contributed by atoms with E-state index in [1.54, 1.807) is 17.4 Å². The van der Waals surface area contributed by atoms with Crippen molar-refractivity contribution in [3.8, 4) is 11.9 Å². The second kappa shape index (κ2) is 5.47. The van der Waals surface area contributed by atoms with Gasteiger partial charge in [0.2, 0.25) is 5.88 Å². The van der Waals surface area contributed by atoms with Gasteiger partial charge in [-0.15, -0.1) is 0 Å². The maximum atomic E-state index is 9.04. The molecule has 1 aromatic rings. The number of nitrogens with zero attached hydrogens (tertiary/aromatic N) is 4. The molecule has 0 aliphatic rings. The molecule has 0 radical (unpaired) electrons. The smallest absolute Gasteiger partial charge is 0.233 e. The van der Waals surface area contributed by atoms with E-state index >= 15 is 0 Å². The molecule has 0 spiro atoms. The zero-order chi connectivity index (χ0) is 12.1. The monoisotopic (exact) mass is 282 g/mol. The van der Waals surface area contributed by atoms with Crippen LogP contribution in [-0.2, 0) is 0 Å². The van der Waals surface area contributed by atoms with Gasteiger partial charge in [-0.25, -0.2) is 9.98 Å². The Kier molecular flexibility index (Phi) is 4.26. The summed E-state index contributed by atoms with van der Waals surface area (Å²) in [6, 6.07) is 2.03. The van der Waals surface area contributed by atoms with Crippen LogP contribution in [0.5, 0.6) is 5.88 Å². The van der Waals surface area contributed by atoms with Crippen LogP contribution < -0.4 is 4.74 Å². The van der Waals surface area contributed by atoms with E-state index in [0.29, 0.717) is 15.7 Å². The molecule has 6 heteroatoms. The first-order chi connectivity index (χ1) is 7.60. The minimum atomic E-state index is 0.275. The Hall–Kier alpha value is -1.61. The van der Waals surface area contributed by atoms with Crippen LogP contribution in [0.4, 0.5) is 5.69 Å². The predicted molar refractivity (Wildman–Crippen MR) is 65.0 cm³/mol. The van der Waals surface area contributed by atoms with Gasteiger partial charge in [-0.3, -0.25) is 0 Å². The zero-order valence-corrected chi connectivity index (χ0v) is 10.8. The Morgan fingerprint density at radius 3 is 2.81 bits per heavy atom. The van der Waals surface area contributed by atoms with Crippen LogP contribution in [0.25, 0.3) is 0 Å². The van der Waals surface area contributed by atoms with Crippen molar-refractivity contribution in [2.75, 3.05) is 21.2 Å². The lowest BCUT2D eigenvalue weighted by Gasteiger charge is -2.07. The van der Waals surface area contributed by atoms with Crippen LogP contribution in [0, 0.1) is 11.3 Å². The third-order valence-corrected chi connectivity index (χ3v) is 2.28. The van der Waals surface area contributed by atoms with E-state index in [0.717, 1.165) is 0 Å². The van der Waals surface area contributed by atoms with Crippen molar-refractivity contribution in [1.29, 1.82) is 5.26 Å². The lowest BCUT2D eigenvalue weighted by Crippen LogP contribution is -2.07. The molecule has 0 fully saturated rings. The quantitative estimate of drug-likeness (QED) is 0.628. The molecule has 0 saturated carbocycles. The Morgan fingerprint density at radius 2 is 2.31 bits per heavy atom. The number of rotatable bonds is 3. The number of hydrogen-bond donors (Lipinski definition) is 0. The van der Waals surface area contributed by atoms with Gasteiger partial charge in [-0.05, 0) is 15.9 Å². The van der Waals surface area contributed by atoms with Gasteiger partial charge >= 0.3 is 0 Å². The van der Waals surface area contributed by atoms with Crippen LogP contribution in [0.3, 0.4) is 0 Å². The molecule has 0 amide bonds. The summed E-state index contributed by atoms with van der Waals surface area (Å²) in [6.45, 7) is 0. The Morgan fingerprint density at radius 1 is 1.62 bits per heavy atom. The zero-order valence-electron chi connectivity index (χ0n) is 9.23. The summed E-state index contributed by atoms with van der Waals surface area (Å²) in [6.07, 6.45) is 3.17. The molecule has 84 valence electrons. The van der Waals surface area contributed by atoms with Crippen molar-refractivity contribution in [3.63, 3.8) is 0 Å². The molecule has 0 unspecified atom stereocenters. The molecule has 0 N–H and O–H groups in total. The van der Waals surface area contributed by atoms with Crippen LogP contribution in [0.2, 0.25) is 0 Å². The van der Waals surface area contributed by atoms with Crippen LogP contribution >= 0.6 is 15.9 Å². The largest absolute Gasteiger partial charge is 0.480 e. The van der Waals surface area contributed by atoms with Crippen LogP contribution in [-0.4, -0.2) is 37.4 Å². The lowest BCUT2D eigenvalue weighted by atomic mass is 10.2. The minimum absolute atomic E-state index is 0.275. The Balaban J connectivity index is 3.30. The number of methoxy groups -OCH3 is 1. The highest BCUT2D eigenvalue weighted by Gasteiger charge is 2.13. The molecular formula is C10H11BrN4O. The number of hydrogen-bond acceptors (Lipinski definition) is 4. The van der Waals surface area contributed by atoms with E-state index in [4.69, 9.17) is 10.00 Å². The van der Waals surface area contributed by atoms with Crippen molar-refractivity contribution in [2.24, 2.45) is 4.99 Å². The molecule has 0 saturated heterocycles. The normalized spacial score (nSPS) is 10.2. The second-order valence-electron chi connectivity index (χ2n) is 3.16. The summed E-state index contributed by atoms with van der Waals surface area (Å²) in [5.74, 6) is 0.275. The molecule has 0 atom stereocenters. The van der Waals surface area contributed by atoms with E-state index in [1.165, 1.54) is 7.11 Å². The average molecular weight is 283 g/mol. The number of ether oxygens (including phenoxy) is 1. The maximum Gasteiger partial charge on any atom is 0.233 e. The molecule has 1 rings (SSSR count). The summed E-state index contributed by atoms with van der Waals surface area (Å²) < 4.78 is 5.65. The molecule has 0 bridgehead atoms. The van der Waals surface area contributed by atoms with Crippen LogP contribution in [0.15, 0.2) is 15.7 Å². The fourth-order valence-corrected chi connectivity index (χ4v) is 1.42. The SMILES string of the molecule is COc1ncc(Br)c(N=CN(C)C)c1C#N. The second-order valence-corrected chi connectivity index (χ2v) is 4.01. The lowest BCUT2D eigenvalue weighted by molar-refractivity contribution is 0.396. The molecule has 1 heterocycles. The highest BCUT2D eigenvalue weighted by Crippen LogP contribution is 2.33. The summed E-state index contributed by atoms with van der Waals surface area (Å²) in [4.78, 5) is 9.95. The van der Waals surface area contributed by atoms with Gasteiger partial charge in [-0.1, -0.05) is 0 Å². The molecule has 16 heavy (non-hydrogen) atoms. The molecule has 0 aliphatic heterocycles. The average Bonchev–Trinajstić information content (AvgIpc) is 2.26. The first-order valence-electron chi connectivity index (χ1n) is 4.43. The van der Waals surface area contributed by atoms with Gasteiger partial charge < -0.3 is 9.64 Å². The highest BCUT2D eigenvalue weighted by atomic mass is 79.9. The van der Waals surface area contributed by atoms with Crippen molar-refractivity contribution < 1.29 is 4.74 Å². The van der Waals surface area contributed by atoms with Crippen LogP contribution in [0.1, 0.15) is 5.56 Å². The molecule has 0 aliphatic carbocycles. The number of pyridine rings is 1. The highest BCUT2D eigenvalue weighted by molar-refractivity contribution is 9.10. The van der Waals surface area contributed by atoms with E-state index < -0.39 is 0 Å². The van der Waals surface area contributed by atoms with Gasteiger partial charge in [-0.2, -0.15) is 5.26 Å². The van der Waals surface area contributed by atoms with Gasteiger partial charge in [0.15, 0.2) is 0 Å². The third-order valence-electron chi connectivity index (χ3n) is 1.69. The third kappa shape index (κ3) is 2.70. The number of halogens is 1. The predicted octanol–water partition coefficient (Wildman–Crippen LogP) is 1.95. The van der Waals surface area contributed by atoms with Crippen molar-refractivity contribution in [2.45, 2.75) is 0 Å². The van der Waals surface area contributed by atoms with Gasteiger partial charge in [0.1, 0.15) is 17.3 Å². The standard InChI is InChI=1S/C10H11BrN4O/c1-15(2)6-14-9-7(4-12)10(16-3)13-5-8(9)11/h5-6H,1-3H3. The summed E-state index contributed by atoms with van der Waals surface area (Å²) in [7, 11) is 5.17. The van der Waals surface area contributed by atoms with Gasteiger partial charge in [0.05, 0.1) is 17.9 Å². The number of aromatic nitrogens is 1. The number of nitriles is 1. The fraction of sp³-hybridized carbons (Fsp3) is 0.300. The van der Waals surface area contributed by atoms with E-state index in [9.17, 15) is 0 Å². The molecular weight excluding hydrogens is 272 g/mol. The topological polar surface area (TPSA) is 61.5 Å². The van der Waals surface area contributed by atoms with E-state index in [2.05, 4.69) is 25.9 Å². The maximum absolute atomic E-state index is 9.04. The summed E-state index contributed by atoms with van der Waals surface area (Å²) in [5, 5.41) is 9.04. The summed E-state index contributed by atoms with van der Waals surface area (Å²) >= 11 is 3.30.